The normalized spacial score (nSPS) is 21.1. The van der Waals surface area contributed by atoms with Crippen molar-refractivity contribution in [3.63, 3.8) is 0 Å². The Morgan fingerprint density at radius 2 is 2.27 bits per heavy atom. The minimum atomic E-state index is 0.800. The average molecular weight is 210 g/mol. The fourth-order valence-corrected chi connectivity index (χ4v) is 2.33. The molecule has 1 unspecified atom stereocenters. The van der Waals surface area contributed by atoms with Crippen molar-refractivity contribution in [1.82, 2.24) is 10.2 Å². The smallest absolute Gasteiger partial charge is 0.0232 e. The summed E-state index contributed by atoms with van der Waals surface area (Å²) in [6.45, 7) is 10.9. The Kier molecular flexibility index (Phi) is 6.69. The predicted molar refractivity (Wildman–Crippen MR) is 67.2 cm³/mol. The van der Waals surface area contributed by atoms with E-state index in [2.05, 4.69) is 23.7 Å². The van der Waals surface area contributed by atoms with Gasteiger partial charge in [0.05, 0.1) is 0 Å². The van der Waals surface area contributed by atoms with E-state index in [1.54, 1.807) is 0 Å². The van der Waals surface area contributed by atoms with E-state index in [-0.39, 0.29) is 0 Å². The van der Waals surface area contributed by atoms with Gasteiger partial charge in [0.25, 0.3) is 0 Å². The molecule has 1 heterocycles. The van der Waals surface area contributed by atoms with Gasteiger partial charge < -0.3 is 5.32 Å². The second-order valence-corrected chi connectivity index (χ2v) is 4.41. The number of nitrogens with one attached hydrogen (secondary N) is 1. The lowest BCUT2D eigenvalue weighted by atomic mass is 10.1. The molecule has 1 saturated heterocycles. The molecule has 0 spiro atoms. The minimum Gasteiger partial charge on any atom is -0.315 e. The maximum Gasteiger partial charge on any atom is 0.0232 e. The van der Waals surface area contributed by atoms with E-state index in [0.717, 1.165) is 6.04 Å². The molecule has 1 atom stereocenters. The first kappa shape index (κ1) is 12.7. The van der Waals surface area contributed by atoms with Crippen LogP contribution in [0.5, 0.6) is 0 Å². The molecule has 2 heteroatoms. The number of unbranched alkanes of at least 4 members (excludes halogenated alkanes) is 3. The zero-order valence-corrected chi connectivity index (χ0v) is 10.2. The van der Waals surface area contributed by atoms with Crippen LogP contribution in [0.15, 0.2) is 12.7 Å². The standard InChI is InChI=1S/C13H26N2/c1-3-5-6-7-8-11-15(4-2)13-9-10-14-12-13/h3,13-14H,1,4-12H2,2H3. The molecular formula is C13H26N2. The van der Waals surface area contributed by atoms with Gasteiger partial charge in [-0.3, -0.25) is 4.90 Å². The Bertz CT molecular complexity index is 162. The summed E-state index contributed by atoms with van der Waals surface area (Å²) < 4.78 is 0. The van der Waals surface area contributed by atoms with Gasteiger partial charge in [-0.05, 0) is 45.3 Å². The molecule has 0 bridgehead atoms. The first-order chi connectivity index (χ1) is 7.38. The summed E-state index contributed by atoms with van der Waals surface area (Å²) in [5, 5.41) is 3.44. The molecule has 15 heavy (non-hydrogen) atoms. The Morgan fingerprint density at radius 3 is 2.87 bits per heavy atom. The molecule has 1 N–H and O–H groups in total. The molecule has 0 saturated carbocycles. The summed E-state index contributed by atoms with van der Waals surface area (Å²) in [5.41, 5.74) is 0. The number of nitrogens with zero attached hydrogens (tertiary/aromatic N) is 1. The van der Waals surface area contributed by atoms with Crippen molar-refractivity contribution in [2.24, 2.45) is 0 Å². The van der Waals surface area contributed by atoms with Crippen molar-refractivity contribution in [3.8, 4) is 0 Å². The lowest BCUT2D eigenvalue weighted by Gasteiger charge is -2.26. The van der Waals surface area contributed by atoms with Crippen molar-refractivity contribution in [2.45, 2.75) is 45.1 Å². The summed E-state index contributed by atoms with van der Waals surface area (Å²) >= 11 is 0. The van der Waals surface area contributed by atoms with E-state index in [1.807, 2.05) is 6.08 Å². The monoisotopic (exact) mass is 210 g/mol. The SMILES string of the molecule is C=CCCCCCN(CC)C1CCNC1. The molecule has 1 aliphatic rings. The zero-order valence-electron chi connectivity index (χ0n) is 10.2. The van der Waals surface area contributed by atoms with Crippen molar-refractivity contribution in [1.29, 1.82) is 0 Å². The van der Waals surface area contributed by atoms with Crippen LogP contribution in [0.2, 0.25) is 0 Å². The number of likely N-dealkylation sites (N-methyl/N-ethyl adjacent to an activating group) is 1. The van der Waals surface area contributed by atoms with Crippen molar-refractivity contribution in [3.05, 3.63) is 12.7 Å². The number of rotatable bonds is 8. The fourth-order valence-electron chi connectivity index (χ4n) is 2.33. The number of hydrogen-bond acceptors (Lipinski definition) is 2. The van der Waals surface area contributed by atoms with Crippen molar-refractivity contribution >= 4 is 0 Å². The average Bonchev–Trinajstić information content (AvgIpc) is 2.77. The largest absolute Gasteiger partial charge is 0.315 e. The van der Waals surface area contributed by atoms with Crippen LogP contribution in [0.3, 0.4) is 0 Å². The number of hydrogen-bond donors (Lipinski definition) is 1. The van der Waals surface area contributed by atoms with Crippen LogP contribution in [-0.4, -0.2) is 37.1 Å². The van der Waals surface area contributed by atoms with E-state index in [9.17, 15) is 0 Å². The maximum atomic E-state index is 3.75. The summed E-state index contributed by atoms with van der Waals surface area (Å²) in [7, 11) is 0. The predicted octanol–water partition coefficient (Wildman–Crippen LogP) is 2.42. The topological polar surface area (TPSA) is 15.3 Å². The molecule has 88 valence electrons. The summed E-state index contributed by atoms with van der Waals surface area (Å²) in [6.07, 6.45) is 8.54. The van der Waals surface area contributed by atoms with Crippen molar-refractivity contribution in [2.75, 3.05) is 26.2 Å². The second-order valence-electron chi connectivity index (χ2n) is 4.41. The minimum absolute atomic E-state index is 0.800. The van der Waals surface area contributed by atoms with Gasteiger partial charge in [0.15, 0.2) is 0 Å². The summed E-state index contributed by atoms with van der Waals surface area (Å²) in [5.74, 6) is 0. The van der Waals surface area contributed by atoms with Gasteiger partial charge in [-0.2, -0.15) is 0 Å². The molecule has 2 nitrogen and oxygen atoms in total. The highest BCUT2D eigenvalue weighted by atomic mass is 15.2. The van der Waals surface area contributed by atoms with Gasteiger partial charge in [-0.1, -0.05) is 19.4 Å². The van der Waals surface area contributed by atoms with E-state index < -0.39 is 0 Å². The Morgan fingerprint density at radius 1 is 1.40 bits per heavy atom. The molecule has 0 aromatic carbocycles. The van der Waals surface area contributed by atoms with Gasteiger partial charge >= 0.3 is 0 Å². The molecule has 1 aliphatic heterocycles. The highest BCUT2D eigenvalue weighted by Gasteiger charge is 2.19. The lowest BCUT2D eigenvalue weighted by molar-refractivity contribution is 0.214. The summed E-state index contributed by atoms with van der Waals surface area (Å²) in [4.78, 5) is 2.63. The molecule has 1 rings (SSSR count). The second kappa shape index (κ2) is 7.89. The Hall–Kier alpha value is -0.340. The van der Waals surface area contributed by atoms with Crippen LogP contribution >= 0.6 is 0 Å². The first-order valence-electron chi connectivity index (χ1n) is 6.44. The third-order valence-corrected chi connectivity index (χ3v) is 3.31. The molecular weight excluding hydrogens is 184 g/mol. The van der Waals surface area contributed by atoms with Gasteiger partial charge in [-0.25, -0.2) is 0 Å². The van der Waals surface area contributed by atoms with E-state index >= 15 is 0 Å². The van der Waals surface area contributed by atoms with E-state index in [4.69, 9.17) is 0 Å². The lowest BCUT2D eigenvalue weighted by Crippen LogP contribution is -2.37. The van der Waals surface area contributed by atoms with Gasteiger partial charge in [0, 0.05) is 12.6 Å². The maximum absolute atomic E-state index is 3.75. The first-order valence-corrected chi connectivity index (χ1v) is 6.44. The van der Waals surface area contributed by atoms with Crippen LogP contribution in [0.25, 0.3) is 0 Å². The molecule has 0 aromatic rings. The van der Waals surface area contributed by atoms with E-state index in [0.29, 0.717) is 0 Å². The molecule has 0 amide bonds. The molecule has 0 aromatic heterocycles. The highest BCUT2D eigenvalue weighted by Crippen LogP contribution is 2.10. The molecule has 0 aliphatic carbocycles. The molecule has 1 fully saturated rings. The van der Waals surface area contributed by atoms with Crippen molar-refractivity contribution < 1.29 is 0 Å². The zero-order chi connectivity index (χ0) is 10.9. The fraction of sp³-hybridized carbons (Fsp3) is 0.846. The van der Waals surface area contributed by atoms with Crippen LogP contribution < -0.4 is 5.32 Å². The van der Waals surface area contributed by atoms with Crippen LogP contribution in [0, 0.1) is 0 Å². The number of allylic oxidation sites excluding steroid dienone is 1. The third-order valence-electron chi connectivity index (χ3n) is 3.31. The highest BCUT2D eigenvalue weighted by molar-refractivity contribution is 4.79. The van der Waals surface area contributed by atoms with Crippen LogP contribution in [0.4, 0.5) is 0 Å². The third kappa shape index (κ3) is 4.80. The van der Waals surface area contributed by atoms with Gasteiger partial charge in [0.2, 0.25) is 0 Å². The molecule has 0 radical (unpaired) electrons. The quantitative estimate of drug-likeness (QED) is 0.489. The van der Waals surface area contributed by atoms with Gasteiger partial charge in [-0.15, -0.1) is 6.58 Å². The Labute approximate surface area is 94.7 Å². The van der Waals surface area contributed by atoms with Crippen LogP contribution in [-0.2, 0) is 0 Å². The van der Waals surface area contributed by atoms with Gasteiger partial charge in [0.1, 0.15) is 0 Å². The van der Waals surface area contributed by atoms with Crippen LogP contribution in [0.1, 0.15) is 39.0 Å². The van der Waals surface area contributed by atoms with E-state index in [1.165, 1.54) is 58.3 Å². The Balaban J connectivity index is 2.07. The summed E-state index contributed by atoms with van der Waals surface area (Å²) in [6, 6.07) is 0.800.